The molecule has 1 saturated carbocycles. The van der Waals surface area contributed by atoms with Crippen molar-refractivity contribution < 1.29 is 4.39 Å². The number of aromatic nitrogens is 4. The molecule has 1 saturated heterocycles. The second kappa shape index (κ2) is 12.8. The van der Waals surface area contributed by atoms with Crippen molar-refractivity contribution in [1.82, 2.24) is 24.8 Å². The summed E-state index contributed by atoms with van der Waals surface area (Å²) in [6, 6.07) is 14.4. The Morgan fingerprint density at radius 2 is 1.66 bits per heavy atom. The highest BCUT2D eigenvalue weighted by molar-refractivity contribution is 6.31. The number of pyridine rings is 1. The van der Waals surface area contributed by atoms with E-state index in [1.807, 2.05) is 30.5 Å². The van der Waals surface area contributed by atoms with Crippen molar-refractivity contribution in [2.75, 3.05) is 60.1 Å². The molecule has 11 heteroatoms. The van der Waals surface area contributed by atoms with Gasteiger partial charge in [-0.3, -0.25) is 9.88 Å². The summed E-state index contributed by atoms with van der Waals surface area (Å²) in [6.07, 6.45) is 7.78. The Bertz CT molecular complexity index is 1450. The molecule has 0 atom stereocenters. The SMILES string of the molecule is Fc1ccc(Nc2nc(NC3CCCCC3)nc(N3CCN(CCNc4ccnc5cc(Cl)ccc45)CC3)n2)cc1. The normalized spacial score (nSPS) is 16.6. The van der Waals surface area contributed by atoms with Gasteiger partial charge in [-0.1, -0.05) is 30.9 Å². The van der Waals surface area contributed by atoms with Crippen LogP contribution in [0.25, 0.3) is 10.9 Å². The van der Waals surface area contributed by atoms with Gasteiger partial charge >= 0.3 is 0 Å². The van der Waals surface area contributed by atoms with Crippen LogP contribution in [-0.4, -0.2) is 70.1 Å². The molecule has 3 N–H and O–H groups in total. The summed E-state index contributed by atoms with van der Waals surface area (Å²) in [5.41, 5.74) is 2.68. The highest BCUT2D eigenvalue weighted by Crippen LogP contribution is 2.25. The van der Waals surface area contributed by atoms with Crippen LogP contribution in [0.3, 0.4) is 0 Å². The Balaban J connectivity index is 1.08. The number of halogens is 2. The largest absolute Gasteiger partial charge is 0.383 e. The van der Waals surface area contributed by atoms with Crippen molar-refractivity contribution in [2.24, 2.45) is 0 Å². The van der Waals surface area contributed by atoms with Gasteiger partial charge in [-0.15, -0.1) is 0 Å². The molecular weight excluding hydrogens is 541 g/mol. The molecule has 1 aliphatic heterocycles. The number of hydrogen-bond acceptors (Lipinski definition) is 9. The fourth-order valence-electron chi connectivity index (χ4n) is 5.51. The van der Waals surface area contributed by atoms with E-state index in [2.05, 4.69) is 35.7 Å². The smallest absolute Gasteiger partial charge is 0.233 e. The number of nitrogens with zero attached hydrogens (tertiary/aromatic N) is 6. The maximum absolute atomic E-state index is 13.4. The summed E-state index contributed by atoms with van der Waals surface area (Å²) in [5, 5.41) is 12.1. The molecule has 41 heavy (non-hydrogen) atoms. The third kappa shape index (κ3) is 7.12. The van der Waals surface area contributed by atoms with Crippen molar-refractivity contribution in [3.63, 3.8) is 0 Å². The third-order valence-electron chi connectivity index (χ3n) is 7.77. The van der Waals surface area contributed by atoms with Gasteiger partial charge in [0.1, 0.15) is 5.82 Å². The highest BCUT2D eigenvalue weighted by Gasteiger charge is 2.22. The number of anilines is 5. The Morgan fingerprint density at radius 1 is 0.878 bits per heavy atom. The lowest BCUT2D eigenvalue weighted by atomic mass is 9.96. The zero-order valence-electron chi connectivity index (χ0n) is 23.0. The summed E-state index contributed by atoms with van der Waals surface area (Å²) >= 11 is 6.13. The van der Waals surface area contributed by atoms with Gasteiger partial charge in [0.05, 0.1) is 5.52 Å². The fourth-order valence-corrected chi connectivity index (χ4v) is 5.68. The van der Waals surface area contributed by atoms with E-state index in [9.17, 15) is 4.39 Å². The van der Waals surface area contributed by atoms with Crippen LogP contribution in [0.15, 0.2) is 54.7 Å². The minimum Gasteiger partial charge on any atom is -0.383 e. The average molecular weight is 576 g/mol. The minimum atomic E-state index is -0.279. The second-order valence-corrected chi connectivity index (χ2v) is 11.1. The van der Waals surface area contributed by atoms with E-state index >= 15 is 0 Å². The van der Waals surface area contributed by atoms with Gasteiger partial charge in [-0.25, -0.2) is 4.39 Å². The van der Waals surface area contributed by atoms with E-state index in [4.69, 9.17) is 21.6 Å². The van der Waals surface area contributed by atoms with Crippen LogP contribution in [0.1, 0.15) is 32.1 Å². The maximum Gasteiger partial charge on any atom is 0.233 e. The van der Waals surface area contributed by atoms with E-state index in [1.54, 1.807) is 12.1 Å². The second-order valence-electron chi connectivity index (χ2n) is 10.7. The van der Waals surface area contributed by atoms with Gasteiger partial charge in [0.2, 0.25) is 17.8 Å². The van der Waals surface area contributed by atoms with Crippen molar-refractivity contribution in [3.05, 3.63) is 65.6 Å². The summed E-state index contributed by atoms with van der Waals surface area (Å²) < 4.78 is 13.4. The number of nitrogens with one attached hydrogen (secondary N) is 3. The molecule has 0 bridgehead atoms. The fraction of sp³-hybridized carbons (Fsp3) is 0.400. The summed E-state index contributed by atoms with van der Waals surface area (Å²) in [7, 11) is 0. The Hall–Kier alpha value is -3.76. The molecule has 0 spiro atoms. The van der Waals surface area contributed by atoms with Gasteiger partial charge in [-0.05, 0) is 61.4 Å². The van der Waals surface area contributed by atoms with Crippen molar-refractivity contribution in [1.29, 1.82) is 0 Å². The molecule has 0 radical (unpaired) electrons. The molecule has 2 aliphatic rings. The lowest BCUT2D eigenvalue weighted by Crippen LogP contribution is -2.48. The quantitative estimate of drug-likeness (QED) is 0.224. The molecule has 0 unspecified atom stereocenters. The van der Waals surface area contributed by atoms with Gasteiger partial charge in [-0.2, -0.15) is 15.0 Å². The molecule has 4 aromatic rings. The highest BCUT2D eigenvalue weighted by atomic mass is 35.5. The van der Waals surface area contributed by atoms with E-state index in [0.717, 1.165) is 74.4 Å². The number of benzene rings is 2. The van der Waals surface area contributed by atoms with Crippen LogP contribution >= 0.6 is 11.6 Å². The van der Waals surface area contributed by atoms with Crippen LogP contribution in [0.4, 0.5) is 33.6 Å². The zero-order chi connectivity index (χ0) is 28.0. The predicted octanol–water partition coefficient (Wildman–Crippen LogP) is 5.93. The van der Waals surface area contributed by atoms with E-state index in [1.165, 1.54) is 31.4 Å². The van der Waals surface area contributed by atoms with Crippen LogP contribution in [0.2, 0.25) is 5.02 Å². The number of fused-ring (bicyclic) bond motifs is 1. The van der Waals surface area contributed by atoms with Gasteiger partial charge < -0.3 is 20.9 Å². The van der Waals surface area contributed by atoms with Gasteiger partial charge in [0.15, 0.2) is 0 Å². The molecule has 1 aliphatic carbocycles. The molecule has 2 fully saturated rings. The van der Waals surface area contributed by atoms with Crippen LogP contribution < -0.4 is 20.9 Å². The van der Waals surface area contributed by atoms with E-state index in [-0.39, 0.29) is 5.82 Å². The van der Waals surface area contributed by atoms with Crippen LogP contribution in [0, 0.1) is 5.82 Å². The van der Waals surface area contributed by atoms with Crippen molar-refractivity contribution in [3.8, 4) is 0 Å². The van der Waals surface area contributed by atoms with E-state index < -0.39 is 0 Å². The average Bonchev–Trinajstić information content (AvgIpc) is 2.99. The molecule has 6 rings (SSSR count). The molecule has 0 amide bonds. The first-order chi connectivity index (χ1) is 20.1. The molecule has 9 nitrogen and oxygen atoms in total. The Labute approximate surface area is 244 Å². The van der Waals surface area contributed by atoms with E-state index in [0.29, 0.717) is 28.9 Å². The van der Waals surface area contributed by atoms with Gasteiger partial charge in [0.25, 0.3) is 0 Å². The van der Waals surface area contributed by atoms with Crippen molar-refractivity contribution >= 4 is 51.7 Å². The lowest BCUT2D eigenvalue weighted by molar-refractivity contribution is 0.266. The van der Waals surface area contributed by atoms with Gasteiger partial charge in [0, 0.05) is 73.3 Å². The minimum absolute atomic E-state index is 0.279. The molecule has 2 aromatic heterocycles. The Morgan fingerprint density at radius 3 is 2.46 bits per heavy atom. The monoisotopic (exact) mass is 575 g/mol. The first kappa shape index (κ1) is 27.4. The van der Waals surface area contributed by atoms with Crippen LogP contribution in [-0.2, 0) is 0 Å². The first-order valence-corrected chi connectivity index (χ1v) is 14.8. The summed E-state index contributed by atoms with van der Waals surface area (Å²) in [5.74, 6) is 1.42. The molecule has 2 aromatic carbocycles. The third-order valence-corrected chi connectivity index (χ3v) is 8.00. The molecular formula is C30H35ClFN9. The zero-order valence-corrected chi connectivity index (χ0v) is 23.7. The number of hydrogen-bond donors (Lipinski definition) is 3. The Kier molecular flexibility index (Phi) is 8.57. The summed E-state index contributed by atoms with van der Waals surface area (Å²) in [6.45, 7) is 5.21. The molecule has 214 valence electrons. The standard InChI is InChI=1S/C30H35ClFN9/c31-21-6-11-25-26(12-13-33-27(25)20-21)34-14-15-40-16-18-41(19-17-40)30-38-28(35-23-4-2-1-3-5-23)37-29(39-30)36-24-9-7-22(32)8-10-24/h6-13,20,23H,1-5,14-19H2,(H,33,34)(H2,35,36,37,38,39). The lowest BCUT2D eigenvalue weighted by Gasteiger charge is -2.35. The van der Waals surface area contributed by atoms with Crippen LogP contribution in [0.5, 0.6) is 0 Å². The topological polar surface area (TPSA) is 94.1 Å². The summed E-state index contributed by atoms with van der Waals surface area (Å²) in [4.78, 5) is 23.3. The van der Waals surface area contributed by atoms with Crippen molar-refractivity contribution in [2.45, 2.75) is 38.1 Å². The number of rotatable bonds is 9. The molecule has 3 heterocycles. The first-order valence-electron chi connectivity index (χ1n) is 14.4. The maximum atomic E-state index is 13.4. The predicted molar refractivity (Wildman–Crippen MR) is 164 cm³/mol. The number of piperazine rings is 1.